The summed E-state index contributed by atoms with van der Waals surface area (Å²) in [6.45, 7) is 8.49. The van der Waals surface area contributed by atoms with Gasteiger partial charge in [0, 0.05) is 12.2 Å². The van der Waals surface area contributed by atoms with Gasteiger partial charge in [-0.3, -0.25) is 4.79 Å². The first-order valence-corrected chi connectivity index (χ1v) is 5.98. The van der Waals surface area contributed by atoms with E-state index in [2.05, 4.69) is 5.32 Å². The van der Waals surface area contributed by atoms with E-state index in [1.807, 2.05) is 33.8 Å². The minimum absolute atomic E-state index is 0.0508. The Morgan fingerprint density at radius 3 is 2.76 bits per heavy atom. The van der Waals surface area contributed by atoms with Gasteiger partial charge in [-0.1, -0.05) is 6.92 Å². The summed E-state index contributed by atoms with van der Waals surface area (Å²) in [7, 11) is 0. The number of furan rings is 1. The van der Waals surface area contributed by atoms with Gasteiger partial charge in [0.25, 0.3) is 0 Å². The van der Waals surface area contributed by atoms with E-state index >= 15 is 0 Å². The fourth-order valence-corrected chi connectivity index (χ4v) is 1.75. The number of nitrogens with one attached hydrogen (secondary N) is 1. The molecule has 0 aliphatic heterocycles. The number of ether oxygens (including phenoxy) is 1. The van der Waals surface area contributed by atoms with Crippen molar-refractivity contribution in [1.29, 1.82) is 0 Å². The number of carbonyl (C=O) groups is 1. The van der Waals surface area contributed by atoms with E-state index in [9.17, 15) is 4.79 Å². The summed E-state index contributed by atoms with van der Waals surface area (Å²) < 4.78 is 10.6. The van der Waals surface area contributed by atoms with Crippen molar-refractivity contribution in [2.24, 2.45) is 0 Å². The molecule has 0 saturated heterocycles. The molecule has 0 radical (unpaired) electrons. The molecule has 1 rings (SSSR count). The predicted molar refractivity (Wildman–Crippen MR) is 65.8 cm³/mol. The van der Waals surface area contributed by atoms with Gasteiger partial charge < -0.3 is 14.5 Å². The lowest BCUT2D eigenvalue weighted by Crippen LogP contribution is -2.30. The molecule has 0 aliphatic carbocycles. The quantitative estimate of drug-likeness (QED) is 0.776. The Labute approximate surface area is 102 Å². The smallest absolute Gasteiger partial charge is 0.246 e. The number of aryl methyl sites for hydroxylation is 2. The number of rotatable bonds is 6. The Kier molecular flexibility index (Phi) is 5.22. The van der Waals surface area contributed by atoms with Crippen LogP contribution < -0.4 is 5.32 Å². The highest BCUT2D eigenvalue weighted by Gasteiger charge is 2.14. The highest BCUT2D eigenvalue weighted by molar-refractivity contribution is 5.77. The van der Waals surface area contributed by atoms with Crippen LogP contribution in [0, 0.1) is 13.8 Å². The SMILES string of the molecule is CCCOCC(=O)NC(C)c1cc(C)oc1C. The van der Waals surface area contributed by atoms with Crippen LogP contribution in [0.5, 0.6) is 0 Å². The van der Waals surface area contributed by atoms with E-state index in [4.69, 9.17) is 9.15 Å². The molecule has 0 bridgehead atoms. The summed E-state index contributed by atoms with van der Waals surface area (Å²) in [5, 5.41) is 2.89. The van der Waals surface area contributed by atoms with Gasteiger partial charge in [0.15, 0.2) is 0 Å². The van der Waals surface area contributed by atoms with Crippen LogP contribution in [-0.4, -0.2) is 19.1 Å². The van der Waals surface area contributed by atoms with Crippen LogP contribution >= 0.6 is 0 Å². The Morgan fingerprint density at radius 1 is 1.53 bits per heavy atom. The molecular formula is C13H21NO3. The maximum absolute atomic E-state index is 11.6. The van der Waals surface area contributed by atoms with Crippen LogP contribution in [0.3, 0.4) is 0 Å². The lowest BCUT2D eigenvalue weighted by molar-refractivity contribution is -0.126. The average Bonchev–Trinajstić information content (AvgIpc) is 2.58. The topological polar surface area (TPSA) is 51.5 Å². The minimum atomic E-state index is -0.0933. The van der Waals surface area contributed by atoms with Crippen molar-refractivity contribution in [3.05, 3.63) is 23.2 Å². The van der Waals surface area contributed by atoms with Crippen LogP contribution in [-0.2, 0) is 9.53 Å². The van der Waals surface area contributed by atoms with E-state index in [1.165, 1.54) is 0 Å². The number of amides is 1. The fourth-order valence-electron chi connectivity index (χ4n) is 1.75. The first-order valence-electron chi connectivity index (χ1n) is 5.98. The van der Waals surface area contributed by atoms with Gasteiger partial charge >= 0.3 is 0 Å². The number of carbonyl (C=O) groups excluding carboxylic acids is 1. The molecule has 1 aromatic rings. The van der Waals surface area contributed by atoms with Crippen LogP contribution in [0.4, 0.5) is 0 Å². The van der Waals surface area contributed by atoms with Gasteiger partial charge in [0.1, 0.15) is 18.1 Å². The summed E-state index contributed by atoms with van der Waals surface area (Å²) in [5.41, 5.74) is 1.02. The molecule has 1 amide bonds. The second-order valence-corrected chi connectivity index (χ2v) is 4.21. The van der Waals surface area contributed by atoms with Crippen molar-refractivity contribution in [2.75, 3.05) is 13.2 Å². The van der Waals surface area contributed by atoms with E-state index in [-0.39, 0.29) is 18.6 Å². The Morgan fingerprint density at radius 2 is 2.24 bits per heavy atom. The summed E-state index contributed by atoms with van der Waals surface area (Å²) in [6.07, 6.45) is 0.920. The third-order valence-electron chi connectivity index (χ3n) is 2.50. The van der Waals surface area contributed by atoms with Gasteiger partial charge in [0.05, 0.1) is 6.04 Å². The molecular weight excluding hydrogens is 218 g/mol. The van der Waals surface area contributed by atoms with Gasteiger partial charge in [0.2, 0.25) is 5.91 Å². The molecule has 4 heteroatoms. The fraction of sp³-hybridized carbons (Fsp3) is 0.615. The molecule has 17 heavy (non-hydrogen) atoms. The van der Waals surface area contributed by atoms with Gasteiger partial charge in [-0.25, -0.2) is 0 Å². The van der Waals surface area contributed by atoms with Crippen LogP contribution in [0.25, 0.3) is 0 Å². The van der Waals surface area contributed by atoms with Crippen LogP contribution in [0.15, 0.2) is 10.5 Å². The van der Waals surface area contributed by atoms with Gasteiger partial charge in [-0.15, -0.1) is 0 Å². The Balaban J connectivity index is 2.46. The molecule has 1 heterocycles. The number of hydrogen-bond donors (Lipinski definition) is 1. The zero-order chi connectivity index (χ0) is 12.8. The molecule has 1 unspecified atom stereocenters. The van der Waals surface area contributed by atoms with Crippen LogP contribution in [0.2, 0.25) is 0 Å². The maximum atomic E-state index is 11.6. The van der Waals surface area contributed by atoms with Crippen molar-refractivity contribution < 1.29 is 13.9 Å². The van der Waals surface area contributed by atoms with E-state index in [1.54, 1.807) is 0 Å². The average molecular weight is 239 g/mol. The molecule has 0 spiro atoms. The molecule has 0 fully saturated rings. The first kappa shape index (κ1) is 13.8. The molecule has 1 N–H and O–H groups in total. The molecule has 1 atom stereocenters. The second-order valence-electron chi connectivity index (χ2n) is 4.21. The zero-order valence-electron chi connectivity index (χ0n) is 11.0. The summed E-state index contributed by atoms with van der Waals surface area (Å²) >= 11 is 0. The van der Waals surface area contributed by atoms with Crippen molar-refractivity contribution in [2.45, 2.75) is 40.2 Å². The van der Waals surface area contributed by atoms with E-state index < -0.39 is 0 Å². The Hall–Kier alpha value is -1.29. The second kappa shape index (κ2) is 6.45. The molecule has 96 valence electrons. The molecule has 0 aromatic carbocycles. The van der Waals surface area contributed by atoms with Gasteiger partial charge in [-0.05, 0) is 33.3 Å². The minimum Gasteiger partial charge on any atom is -0.466 e. The zero-order valence-corrected chi connectivity index (χ0v) is 11.0. The summed E-state index contributed by atoms with van der Waals surface area (Å²) in [6, 6.07) is 1.90. The predicted octanol–water partition coefficient (Wildman–Crippen LogP) is 2.50. The van der Waals surface area contributed by atoms with Gasteiger partial charge in [-0.2, -0.15) is 0 Å². The normalized spacial score (nSPS) is 12.5. The lowest BCUT2D eigenvalue weighted by Gasteiger charge is -2.13. The molecule has 4 nitrogen and oxygen atoms in total. The van der Waals surface area contributed by atoms with E-state index in [0.717, 1.165) is 23.5 Å². The molecule has 1 aromatic heterocycles. The summed E-state index contributed by atoms with van der Waals surface area (Å²) in [5.74, 6) is 1.62. The third-order valence-corrected chi connectivity index (χ3v) is 2.50. The van der Waals surface area contributed by atoms with Crippen molar-refractivity contribution >= 4 is 5.91 Å². The lowest BCUT2D eigenvalue weighted by atomic mass is 10.1. The molecule has 0 saturated carbocycles. The van der Waals surface area contributed by atoms with Crippen molar-refractivity contribution in [1.82, 2.24) is 5.32 Å². The monoisotopic (exact) mass is 239 g/mol. The first-order chi connectivity index (χ1) is 8.04. The largest absolute Gasteiger partial charge is 0.466 e. The standard InChI is InChI=1S/C13H21NO3/c1-5-6-16-8-13(15)14-10(3)12-7-9(2)17-11(12)4/h7,10H,5-6,8H2,1-4H3,(H,14,15). The highest BCUT2D eigenvalue weighted by Crippen LogP contribution is 2.20. The van der Waals surface area contributed by atoms with Crippen molar-refractivity contribution in [3.8, 4) is 0 Å². The van der Waals surface area contributed by atoms with Crippen molar-refractivity contribution in [3.63, 3.8) is 0 Å². The van der Waals surface area contributed by atoms with Crippen LogP contribution in [0.1, 0.15) is 43.4 Å². The molecule has 0 aliphatic rings. The van der Waals surface area contributed by atoms with E-state index in [0.29, 0.717) is 6.61 Å². The highest BCUT2D eigenvalue weighted by atomic mass is 16.5. The summed E-state index contributed by atoms with van der Waals surface area (Å²) in [4.78, 5) is 11.6. The maximum Gasteiger partial charge on any atom is 0.246 e. The number of hydrogen-bond acceptors (Lipinski definition) is 3. The third kappa shape index (κ3) is 4.23. The Bertz CT molecular complexity index is 371.